The standard InChI is InChI=1S/C29H24F3NO6S/c1-15-8-13-24(38-17(3)18-9-11-19(12-10-18)40(36,37)29(30,31)32)25-21(28(34)35)14-22(33-26(15)25)27-16(2)20-6-4-5-7-23(20)39-27/h4-14,17,28,34-35H,1-3H3/t17-/m0/s1. The fourth-order valence-corrected chi connectivity index (χ4v) is 5.38. The number of hydrogen-bond acceptors (Lipinski definition) is 7. The number of halogens is 3. The van der Waals surface area contributed by atoms with Gasteiger partial charge in [-0.3, -0.25) is 0 Å². The summed E-state index contributed by atoms with van der Waals surface area (Å²) in [5, 5.41) is 21.9. The van der Waals surface area contributed by atoms with Crippen LogP contribution in [0.3, 0.4) is 0 Å². The number of aliphatic hydroxyl groups excluding tert-OH is 1. The number of hydrogen-bond donors (Lipinski definition) is 2. The minimum Gasteiger partial charge on any atom is -0.485 e. The summed E-state index contributed by atoms with van der Waals surface area (Å²) >= 11 is 0. The highest BCUT2D eigenvalue weighted by molar-refractivity contribution is 7.92. The molecular weight excluding hydrogens is 547 g/mol. The van der Waals surface area contributed by atoms with Gasteiger partial charge in [0.1, 0.15) is 23.1 Å². The van der Waals surface area contributed by atoms with Crippen LogP contribution < -0.4 is 4.74 Å². The number of rotatable bonds is 6. The first kappa shape index (κ1) is 27.6. The third kappa shape index (κ3) is 4.70. The number of nitrogens with zero attached hydrogens (tertiary/aromatic N) is 1. The number of aromatic nitrogens is 1. The Balaban J connectivity index is 1.57. The van der Waals surface area contributed by atoms with E-state index < -0.39 is 32.6 Å². The van der Waals surface area contributed by atoms with Gasteiger partial charge in [0, 0.05) is 16.5 Å². The summed E-state index contributed by atoms with van der Waals surface area (Å²) < 4.78 is 74.2. The van der Waals surface area contributed by atoms with Crippen molar-refractivity contribution in [1.82, 2.24) is 4.98 Å². The van der Waals surface area contributed by atoms with Gasteiger partial charge in [-0.15, -0.1) is 0 Å². The Labute approximate surface area is 227 Å². The van der Waals surface area contributed by atoms with E-state index in [-0.39, 0.29) is 11.3 Å². The second-order valence-electron chi connectivity index (χ2n) is 9.41. The van der Waals surface area contributed by atoms with Gasteiger partial charge < -0.3 is 19.4 Å². The van der Waals surface area contributed by atoms with Crippen molar-refractivity contribution in [2.45, 2.75) is 43.6 Å². The number of aryl methyl sites for hydroxylation is 2. The second kappa shape index (κ2) is 9.92. The third-order valence-corrected chi connectivity index (χ3v) is 8.28. The molecule has 0 saturated carbocycles. The summed E-state index contributed by atoms with van der Waals surface area (Å²) in [5.41, 5.74) is -1.80. The largest absolute Gasteiger partial charge is 0.501 e. The highest BCUT2D eigenvalue weighted by atomic mass is 32.2. The molecule has 208 valence electrons. The van der Waals surface area contributed by atoms with Gasteiger partial charge >= 0.3 is 5.51 Å². The lowest BCUT2D eigenvalue weighted by atomic mass is 10.0. The molecule has 1 atom stereocenters. The molecule has 0 aliphatic rings. The van der Waals surface area contributed by atoms with E-state index in [4.69, 9.17) is 14.1 Å². The topological polar surface area (TPSA) is 110 Å². The predicted octanol–water partition coefficient (Wildman–Crippen LogP) is 6.68. The van der Waals surface area contributed by atoms with Crippen molar-refractivity contribution in [3.05, 3.63) is 89.0 Å². The molecule has 0 unspecified atom stereocenters. The van der Waals surface area contributed by atoms with Crippen LogP contribution in [0.1, 0.15) is 41.6 Å². The van der Waals surface area contributed by atoms with Gasteiger partial charge in [0.25, 0.3) is 9.84 Å². The molecule has 40 heavy (non-hydrogen) atoms. The number of furan rings is 1. The van der Waals surface area contributed by atoms with Gasteiger partial charge in [-0.05, 0) is 62.2 Å². The lowest BCUT2D eigenvalue weighted by Gasteiger charge is -2.20. The molecule has 0 amide bonds. The molecule has 0 aliphatic heterocycles. The third-order valence-electron chi connectivity index (χ3n) is 6.78. The van der Waals surface area contributed by atoms with Crippen molar-refractivity contribution in [3.8, 4) is 17.2 Å². The molecule has 5 aromatic rings. The monoisotopic (exact) mass is 571 g/mol. The molecule has 3 aromatic carbocycles. The summed E-state index contributed by atoms with van der Waals surface area (Å²) in [4.78, 5) is 3.90. The van der Waals surface area contributed by atoms with Gasteiger partial charge in [-0.25, -0.2) is 13.4 Å². The summed E-state index contributed by atoms with van der Waals surface area (Å²) in [6, 6.07) is 16.6. The first-order valence-electron chi connectivity index (χ1n) is 12.2. The molecule has 0 saturated heterocycles. The van der Waals surface area contributed by atoms with E-state index in [1.807, 2.05) is 38.1 Å². The van der Waals surface area contributed by atoms with Crippen molar-refractivity contribution >= 4 is 31.7 Å². The molecule has 2 aromatic heterocycles. The van der Waals surface area contributed by atoms with Crippen molar-refractivity contribution in [2.75, 3.05) is 0 Å². The molecule has 0 fully saturated rings. The second-order valence-corrected chi connectivity index (χ2v) is 11.3. The van der Waals surface area contributed by atoms with Crippen LogP contribution in [0.25, 0.3) is 33.3 Å². The average molecular weight is 572 g/mol. The molecule has 5 rings (SSSR count). The van der Waals surface area contributed by atoms with Crippen LogP contribution in [0, 0.1) is 13.8 Å². The number of pyridine rings is 1. The van der Waals surface area contributed by atoms with Crippen LogP contribution in [0.15, 0.2) is 76.0 Å². The summed E-state index contributed by atoms with van der Waals surface area (Å²) in [7, 11) is -5.48. The van der Waals surface area contributed by atoms with Crippen molar-refractivity contribution in [2.24, 2.45) is 0 Å². The molecule has 11 heteroatoms. The molecule has 0 aliphatic carbocycles. The number of ether oxygens (including phenoxy) is 1. The number of benzene rings is 3. The van der Waals surface area contributed by atoms with E-state index in [0.29, 0.717) is 33.5 Å². The Kier molecular flexibility index (Phi) is 6.85. The lowest BCUT2D eigenvalue weighted by Crippen LogP contribution is -2.23. The number of sulfone groups is 1. The molecule has 0 radical (unpaired) electrons. The average Bonchev–Trinajstić information content (AvgIpc) is 3.25. The molecule has 2 heterocycles. The Morgan fingerprint density at radius 2 is 1.65 bits per heavy atom. The fraction of sp³-hybridized carbons (Fsp3) is 0.207. The number of fused-ring (bicyclic) bond motifs is 2. The zero-order valence-electron chi connectivity index (χ0n) is 21.5. The van der Waals surface area contributed by atoms with Crippen molar-refractivity contribution in [1.29, 1.82) is 0 Å². The SMILES string of the molecule is Cc1c(-c2cc(C(O)O)c3c(O[C@@H](C)c4ccc(S(=O)(=O)C(F)(F)F)cc4)ccc(C)c3n2)oc2ccccc12. The van der Waals surface area contributed by atoms with Crippen LogP contribution in [-0.2, 0) is 9.84 Å². The maximum absolute atomic E-state index is 12.9. The number of para-hydroxylation sites is 1. The van der Waals surface area contributed by atoms with E-state index in [0.717, 1.165) is 28.6 Å². The normalized spacial score (nSPS) is 13.3. The van der Waals surface area contributed by atoms with Crippen molar-refractivity contribution < 1.29 is 41.0 Å². The van der Waals surface area contributed by atoms with Crippen LogP contribution in [0.4, 0.5) is 13.2 Å². The zero-order chi connectivity index (χ0) is 29.0. The maximum atomic E-state index is 12.9. The van der Waals surface area contributed by atoms with Crippen LogP contribution in [0.2, 0.25) is 0 Å². The lowest BCUT2D eigenvalue weighted by molar-refractivity contribution is -0.0437. The summed E-state index contributed by atoms with van der Waals surface area (Å²) in [6.07, 6.45) is -2.63. The minimum absolute atomic E-state index is 0.123. The van der Waals surface area contributed by atoms with Gasteiger partial charge in [0.05, 0.1) is 15.8 Å². The molecule has 0 spiro atoms. The van der Waals surface area contributed by atoms with Gasteiger partial charge in [-0.2, -0.15) is 13.2 Å². The smallest absolute Gasteiger partial charge is 0.485 e. The first-order valence-corrected chi connectivity index (χ1v) is 13.6. The summed E-state index contributed by atoms with van der Waals surface area (Å²) in [6.45, 7) is 5.33. The number of aliphatic hydroxyl groups is 2. The molecule has 7 nitrogen and oxygen atoms in total. The van der Waals surface area contributed by atoms with Gasteiger partial charge in [0.2, 0.25) is 0 Å². The van der Waals surface area contributed by atoms with Crippen molar-refractivity contribution in [3.63, 3.8) is 0 Å². The van der Waals surface area contributed by atoms with E-state index in [9.17, 15) is 31.8 Å². The predicted molar refractivity (Wildman–Crippen MR) is 142 cm³/mol. The van der Waals surface area contributed by atoms with Crippen LogP contribution in [-0.4, -0.2) is 29.1 Å². The summed E-state index contributed by atoms with van der Waals surface area (Å²) in [5.74, 6) is 0.738. The Morgan fingerprint density at radius 1 is 0.975 bits per heavy atom. The quantitative estimate of drug-likeness (QED) is 0.219. The van der Waals surface area contributed by atoms with E-state index >= 15 is 0 Å². The molecular formula is C29H24F3NO6S. The molecule has 2 N–H and O–H groups in total. The van der Waals surface area contributed by atoms with E-state index in [2.05, 4.69) is 0 Å². The Hall–Kier alpha value is -3.93. The van der Waals surface area contributed by atoms with E-state index in [1.54, 1.807) is 19.1 Å². The minimum atomic E-state index is -5.48. The zero-order valence-corrected chi connectivity index (χ0v) is 22.3. The fourth-order valence-electron chi connectivity index (χ4n) is 4.62. The Morgan fingerprint density at radius 3 is 2.27 bits per heavy atom. The van der Waals surface area contributed by atoms with E-state index in [1.165, 1.54) is 18.2 Å². The first-order chi connectivity index (χ1) is 18.8. The van der Waals surface area contributed by atoms with Crippen LogP contribution in [0.5, 0.6) is 5.75 Å². The van der Waals surface area contributed by atoms with Gasteiger partial charge in [-0.1, -0.05) is 36.4 Å². The number of alkyl halides is 3. The van der Waals surface area contributed by atoms with Crippen LogP contribution >= 0.6 is 0 Å². The maximum Gasteiger partial charge on any atom is 0.501 e. The highest BCUT2D eigenvalue weighted by Gasteiger charge is 2.46. The van der Waals surface area contributed by atoms with Gasteiger partial charge in [0.15, 0.2) is 12.1 Å². The molecule has 0 bridgehead atoms. The highest BCUT2D eigenvalue weighted by Crippen LogP contribution is 2.40. The Bertz CT molecular complexity index is 1840.